The minimum atomic E-state index is -0.257. The highest BCUT2D eigenvalue weighted by atomic mass is 32.2. The minimum absolute atomic E-state index is 0.0548. The SMILES string of the molecule is COc1ccc2cc([C@H]3SCC(=O)N3c3c(C)n(C)n(-c4ccccc4)c3=O)ccc2c1. The predicted octanol–water partition coefficient (Wildman–Crippen LogP) is 4.42. The van der Waals surface area contributed by atoms with Gasteiger partial charge < -0.3 is 4.74 Å². The Morgan fingerprint density at radius 3 is 2.44 bits per heavy atom. The highest BCUT2D eigenvalue weighted by molar-refractivity contribution is 8.00. The number of methoxy groups -OCH3 is 1. The van der Waals surface area contributed by atoms with Gasteiger partial charge in [-0.25, -0.2) is 4.68 Å². The van der Waals surface area contributed by atoms with E-state index in [1.54, 1.807) is 28.5 Å². The molecular formula is C25H23N3O3S. The van der Waals surface area contributed by atoms with E-state index in [9.17, 15) is 9.59 Å². The number of carbonyl (C=O) groups excluding carboxylic acids is 1. The number of nitrogens with zero attached hydrogens (tertiary/aromatic N) is 3. The molecule has 2 heterocycles. The van der Waals surface area contributed by atoms with Crippen molar-refractivity contribution in [1.29, 1.82) is 0 Å². The summed E-state index contributed by atoms with van der Waals surface area (Å²) in [7, 11) is 3.50. The molecule has 1 aromatic heterocycles. The third-order valence-corrected chi connectivity index (χ3v) is 7.20. The van der Waals surface area contributed by atoms with Gasteiger partial charge in [-0.05, 0) is 53.6 Å². The van der Waals surface area contributed by atoms with Gasteiger partial charge in [-0.15, -0.1) is 11.8 Å². The molecule has 0 radical (unpaired) electrons. The van der Waals surface area contributed by atoms with Gasteiger partial charge >= 0.3 is 0 Å². The maximum Gasteiger partial charge on any atom is 0.295 e. The molecule has 32 heavy (non-hydrogen) atoms. The fourth-order valence-electron chi connectivity index (χ4n) is 4.27. The van der Waals surface area contributed by atoms with Gasteiger partial charge in [-0.2, -0.15) is 0 Å². The highest BCUT2D eigenvalue weighted by Crippen LogP contribution is 2.42. The molecule has 7 heteroatoms. The van der Waals surface area contributed by atoms with Crippen molar-refractivity contribution in [2.75, 3.05) is 17.8 Å². The Morgan fingerprint density at radius 2 is 1.69 bits per heavy atom. The van der Waals surface area contributed by atoms with Gasteiger partial charge in [0.05, 0.1) is 24.2 Å². The predicted molar refractivity (Wildman–Crippen MR) is 129 cm³/mol. The summed E-state index contributed by atoms with van der Waals surface area (Å²) in [5.41, 5.74) is 2.76. The fraction of sp³-hybridized carbons (Fsp3) is 0.200. The Hall–Kier alpha value is -3.45. The molecule has 0 N–H and O–H groups in total. The second kappa shape index (κ2) is 7.91. The van der Waals surface area contributed by atoms with Crippen LogP contribution in [0, 0.1) is 6.92 Å². The summed E-state index contributed by atoms with van der Waals surface area (Å²) in [6.45, 7) is 1.89. The van der Waals surface area contributed by atoms with Crippen LogP contribution in [0.5, 0.6) is 5.75 Å². The van der Waals surface area contributed by atoms with E-state index in [1.807, 2.05) is 79.3 Å². The number of ether oxygens (including phenoxy) is 1. The maximum absolute atomic E-state index is 13.5. The molecule has 1 amide bonds. The minimum Gasteiger partial charge on any atom is -0.497 e. The van der Waals surface area contributed by atoms with E-state index in [2.05, 4.69) is 6.07 Å². The lowest BCUT2D eigenvalue weighted by atomic mass is 10.1. The largest absolute Gasteiger partial charge is 0.497 e. The van der Waals surface area contributed by atoms with Crippen LogP contribution in [0.25, 0.3) is 16.5 Å². The molecule has 6 nitrogen and oxygen atoms in total. The van der Waals surface area contributed by atoms with Gasteiger partial charge in [0.2, 0.25) is 5.91 Å². The summed E-state index contributed by atoms with van der Waals surface area (Å²) in [5.74, 6) is 1.09. The molecule has 162 valence electrons. The lowest BCUT2D eigenvalue weighted by Gasteiger charge is -2.23. The van der Waals surface area contributed by atoms with E-state index in [-0.39, 0.29) is 16.8 Å². The zero-order chi connectivity index (χ0) is 22.4. The molecule has 1 fully saturated rings. The van der Waals surface area contributed by atoms with Gasteiger partial charge in [0, 0.05) is 7.05 Å². The molecule has 0 saturated carbocycles. The van der Waals surface area contributed by atoms with E-state index >= 15 is 0 Å². The second-order valence-corrected chi connectivity index (χ2v) is 8.88. The number of anilines is 1. The van der Waals surface area contributed by atoms with Crippen LogP contribution in [0.2, 0.25) is 0 Å². The summed E-state index contributed by atoms with van der Waals surface area (Å²) in [6.07, 6.45) is 0. The molecule has 5 rings (SSSR count). The number of para-hydroxylation sites is 1. The van der Waals surface area contributed by atoms with Crippen molar-refractivity contribution >= 4 is 34.1 Å². The monoisotopic (exact) mass is 445 g/mol. The molecule has 4 aromatic rings. The Labute approximate surface area is 190 Å². The number of hydrogen-bond donors (Lipinski definition) is 0. The normalized spacial score (nSPS) is 16.2. The smallest absolute Gasteiger partial charge is 0.295 e. The molecule has 0 spiro atoms. The first-order valence-electron chi connectivity index (χ1n) is 10.3. The lowest BCUT2D eigenvalue weighted by molar-refractivity contribution is -0.115. The lowest BCUT2D eigenvalue weighted by Crippen LogP contribution is -2.33. The number of benzene rings is 3. The highest BCUT2D eigenvalue weighted by Gasteiger charge is 2.38. The molecule has 1 aliphatic heterocycles. The van der Waals surface area contributed by atoms with Crippen LogP contribution in [0.1, 0.15) is 16.6 Å². The van der Waals surface area contributed by atoms with Crippen LogP contribution >= 0.6 is 11.8 Å². The summed E-state index contributed by atoms with van der Waals surface area (Å²) in [6, 6.07) is 21.6. The van der Waals surface area contributed by atoms with Crippen molar-refractivity contribution in [2.24, 2.45) is 7.05 Å². The first-order chi connectivity index (χ1) is 15.5. The quantitative estimate of drug-likeness (QED) is 0.467. The van der Waals surface area contributed by atoms with E-state index < -0.39 is 0 Å². The van der Waals surface area contributed by atoms with Crippen LogP contribution in [0.3, 0.4) is 0 Å². The molecule has 1 saturated heterocycles. The number of rotatable bonds is 4. The fourth-order valence-corrected chi connectivity index (χ4v) is 5.42. The van der Waals surface area contributed by atoms with Crippen molar-refractivity contribution in [3.8, 4) is 11.4 Å². The van der Waals surface area contributed by atoms with Gasteiger partial charge in [-0.3, -0.25) is 19.2 Å². The van der Waals surface area contributed by atoms with Crippen molar-refractivity contribution in [3.63, 3.8) is 0 Å². The van der Waals surface area contributed by atoms with Gasteiger partial charge in [0.25, 0.3) is 5.56 Å². The third kappa shape index (κ3) is 3.20. The van der Waals surface area contributed by atoms with Crippen LogP contribution in [0.15, 0.2) is 71.5 Å². The van der Waals surface area contributed by atoms with Crippen molar-refractivity contribution in [2.45, 2.75) is 12.3 Å². The molecule has 0 aliphatic carbocycles. The summed E-state index contributed by atoms with van der Waals surface area (Å²) >= 11 is 1.55. The van der Waals surface area contributed by atoms with Crippen molar-refractivity contribution in [1.82, 2.24) is 9.36 Å². The second-order valence-electron chi connectivity index (χ2n) is 7.81. The Bertz CT molecular complexity index is 1390. The maximum atomic E-state index is 13.5. The summed E-state index contributed by atoms with van der Waals surface area (Å²) in [5, 5.41) is 1.87. The molecular weight excluding hydrogens is 422 g/mol. The summed E-state index contributed by atoms with van der Waals surface area (Å²) in [4.78, 5) is 28.2. The number of aromatic nitrogens is 2. The first kappa shape index (κ1) is 20.5. The topological polar surface area (TPSA) is 56.5 Å². The number of amides is 1. The molecule has 3 aromatic carbocycles. The average Bonchev–Trinajstić information content (AvgIpc) is 3.29. The molecule has 0 bridgehead atoms. The number of carbonyl (C=O) groups is 1. The van der Waals surface area contributed by atoms with Gasteiger partial charge in [0.15, 0.2) is 0 Å². The number of fused-ring (bicyclic) bond motifs is 1. The van der Waals surface area contributed by atoms with E-state index in [0.29, 0.717) is 11.4 Å². The standard InChI is InChI=1S/C25H23N3O3S/c1-16-23(24(30)28(26(16)2)20-7-5-4-6-8-20)27-22(29)15-32-25(27)19-10-9-18-14-21(31-3)12-11-17(18)13-19/h4-14,25H,15H2,1-3H3/t25-/m1/s1. The van der Waals surface area contributed by atoms with Crippen LogP contribution in [-0.2, 0) is 11.8 Å². The van der Waals surface area contributed by atoms with E-state index in [1.165, 1.54) is 0 Å². The average molecular weight is 446 g/mol. The van der Waals surface area contributed by atoms with Crippen LogP contribution < -0.4 is 15.2 Å². The van der Waals surface area contributed by atoms with Gasteiger partial charge in [-0.1, -0.05) is 36.4 Å². The Morgan fingerprint density at radius 1 is 0.969 bits per heavy atom. The van der Waals surface area contributed by atoms with Crippen molar-refractivity contribution in [3.05, 3.63) is 88.3 Å². The third-order valence-electron chi connectivity index (χ3n) is 5.99. The first-order valence-corrected chi connectivity index (χ1v) is 11.4. The molecule has 1 atom stereocenters. The zero-order valence-corrected chi connectivity index (χ0v) is 18.9. The number of hydrogen-bond acceptors (Lipinski definition) is 4. The Balaban J connectivity index is 1.61. The van der Waals surface area contributed by atoms with Crippen LogP contribution in [-0.4, -0.2) is 28.1 Å². The molecule has 1 aliphatic rings. The zero-order valence-electron chi connectivity index (χ0n) is 18.1. The number of thioether (sulfide) groups is 1. The van der Waals surface area contributed by atoms with E-state index in [0.717, 1.165) is 33.5 Å². The summed E-state index contributed by atoms with van der Waals surface area (Å²) < 4.78 is 8.75. The Kier molecular flexibility index (Phi) is 5.06. The van der Waals surface area contributed by atoms with Gasteiger partial charge in [0.1, 0.15) is 16.8 Å². The van der Waals surface area contributed by atoms with Crippen LogP contribution in [0.4, 0.5) is 5.69 Å². The molecule has 0 unspecified atom stereocenters. The van der Waals surface area contributed by atoms with E-state index in [4.69, 9.17) is 4.74 Å². The van der Waals surface area contributed by atoms with Crippen molar-refractivity contribution < 1.29 is 9.53 Å².